The van der Waals surface area contributed by atoms with Gasteiger partial charge in [-0.2, -0.15) is 22.0 Å². The molecule has 0 aliphatic carbocycles. The van der Waals surface area contributed by atoms with Crippen molar-refractivity contribution in [3.8, 4) is 0 Å². The second-order valence-electron chi connectivity index (χ2n) is 5.46. The van der Waals surface area contributed by atoms with E-state index in [4.69, 9.17) is 0 Å². The van der Waals surface area contributed by atoms with Crippen LogP contribution in [0.1, 0.15) is 4.88 Å². The van der Waals surface area contributed by atoms with Crippen molar-refractivity contribution in [3.05, 3.63) is 22.6 Å². The Balaban J connectivity index is 1.85. The minimum Gasteiger partial charge on any atom is -0.616 e. The van der Waals surface area contributed by atoms with Crippen molar-refractivity contribution >= 4 is 45.3 Å². The number of alkyl halides is 5. The van der Waals surface area contributed by atoms with Gasteiger partial charge in [0.2, 0.25) is 0 Å². The number of anilines is 1. The predicted octanol–water partition coefficient (Wildman–Crippen LogP) is 2.81. The van der Waals surface area contributed by atoms with Crippen LogP contribution in [0, 0.1) is 0 Å². The Hall–Kier alpha value is -1.66. The number of halogens is 5. The van der Waals surface area contributed by atoms with Gasteiger partial charge in [0.25, 0.3) is 0 Å². The highest BCUT2D eigenvalue weighted by molar-refractivity contribution is 7.91. The summed E-state index contributed by atoms with van der Waals surface area (Å²) in [7, 11) is 0. The standard InChI is InChI=1S/C14H11F5N2O3S2/c15-13(16,14(17,18)19)11-9(12(22)24-20-11)7-8-1-2-10(25-8)21-3-5-26(23)6-4-21/h1-2,7H,3-6H2. The molecule has 0 amide bonds. The fourth-order valence-electron chi connectivity index (χ4n) is 2.36. The second kappa shape index (κ2) is 6.82. The summed E-state index contributed by atoms with van der Waals surface area (Å²) < 4.78 is 76.1. The van der Waals surface area contributed by atoms with Crippen LogP contribution in [0.4, 0.5) is 27.0 Å². The molecule has 1 fully saturated rings. The topological polar surface area (TPSA) is 65.0 Å². The average Bonchev–Trinajstić information content (AvgIpc) is 3.15. The van der Waals surface area contributed by atoms with Crippen molar-refractivity contribution in [2.24, 2.45) is 5.16 Å². The van der Waals surface area contributed by atoms with Crippen molar-refractivity contribution in [3.63, 3.8) is 0 Å². The molecule has 0 atom stereocenters. The van der Waals surface area contributed by atoms with Gasteiger partial charge in [-0.25, -0.2) is 4.79 Å². The first kappa shape index (κ1) is 19.1. The van der Waals surface area contributed by atoms with Gasteiger partial charge in [-0.05, 0) is 18.2 Å². The van der Waals surface area contributed by atoms with Crippen LogP contribution in [-0.2, 0) is 20.8 Å². The minimum atomic E-state index is -5.90. The molecule has 3 heterocycles. The maximum absolute atomic E-state index is 13.5. The van der Waals surface area contributed by atoms with Crippen molar-refractivity contribution in [1.29, 1.82) is 0 Å². The normalized spacial score (nSPS) is 21.3. The summed E-state index contributed by atoms with van der Waals surface area (Å²) in [4.78, 5) is 17.8. The van der Waals surface area contributed by atoms with Crippen molar-refractivity contribution < 1.29 is 36.1 Å². The Morgan fingerprint density at radius 3 is 2.50 bits per heavy atom. The monoisotopic (exact) mass is 414 g/mol. The third-order valence-electron chi connectivity index (χ3n) is 3.74. The van der Waals surface area contributed by atoms with Crippen molar-refractivity contribution in [2.45, 2.75) is 12.1 Å². The molecule has 26 heavy (non-hydrogen) atoms. The smallest absolute Gasteiger partial charge is 0.459 e. The van der Waals surface area contributed by atoms with E-state index < -0.39 is 40.5 Å². The van der Waals surface area contributed by atoms with Gasteiger partial charge in [-0.15, -0.1) is 11.3 Å². The lowest BCUT2D eigenvalue weighted by atomic mass is 10.0. The van der Waals surface area contributed by atoms with E-state index in [9.17, 15) is 31.3 Å². The number of hydrogen-bond donors (Lipinski definition) is 0. The number of thiophene rings is 1. The van der Waals surface area contributed by atoms with Gasteiger partial charge >= 0.3 is 18.1 Å². The molecular formula is C14H11F5N2O3S2. The fraction of sp³-hybridized carbons (Fsp3) is 0.429. The first-order valence-corrected chi connectivity index (χ1v) is 9.56. The number of hydrogen-bond acceptors (Lipinski definition) is 6. The van der Waals surface area contributed by atoms with Gasteiger partial charge in [0.1, 0.15) is 11.5 Å². The summed E-state index contributed by atoms with van der Waals surface area (Å²) in [6.07, 6.45) is -4.99. The Bertz CT molecular complexity index is 767. The summed E-state index contributed by atoms with van der Waals surface area (Å²) in [6.45, 7) is 1.09. The summed E-state index contributed by atoms with van der Waals surface area (Å²) in [5, 5.41) is 3.36. The molecule has 1 aromatic heterocycles. The van der Waals surface area contributed by atoms with Crippen LogP contribution in [0.5, 0.6) is 0 Å². The van der Waals surface area contributed by atoms with E-state index in [0.717, 1.165) is 22.4 Å². The molecule has 0 N–H and O–H groups in total. The third-order valence-corrected chi connectivity index (χ3v) is 6.11. The van der Waals surface area contributed by atoms with Gasteiger partial charge in [0.05, 0.1) is 23.7 Å². The molecule has 2 aliphatic rings. The Morgan fingerprint density at radius 2 is 1.88 bits per heavy atom. The van der Waals surface area contributed by atoms with Gasteiger partial charge in [0, 0.05) is 4.88 Å². The maximum atomic E-state index is 13.5. The highest BCUT2D eigenvalue weighted by Gasteiger charge is 2.64. The average molecular weight is 414 g/mol. The number of carbonyl (C=O) groups excluding carboxylic acids is 1. The summed E-state index contributed by atoms with van der Waals surface area (Å²) in [5.74, 6) is -5.68. The summed E-state index contributed by atoms with van der Waals surface area (Å²) in [5.41, 5.74) is -2.68. The van der Waals surface area contributed by atoms with E-state index in [2.05, 4.69) is 9.99 Å². The van der Waals surface area contributed by atoms with Gasteiger partial charge < -0.3 is 14.3 Å². The molecule has 5 nitrogen and oxygen atoms in total. The van der Waals surface area contributed by atoms with E-state index in [1.54, 1.807) is 6.07 Å². The Labute approximate surface area is 151 Å². The number of oxime groups is 1. The fourth-order valence-corrected chi connectivity index (χ4v) is 4.41. The van der Waals surface area contributed by atoms with Crippen LogP contribution in [0.15, 0.2) is 22.9 Å². The van der Waals surface area contributed by atoms with Crippen LogP contribution in [0.25, 0.3) is 6.08 Å². The van der Waals surface area contributed by atoms with Crippen LogP contribution in [-0.4, -0.2) is 52.9 Å². The Morgan fingerprint density at radius 1 is 1.23 bits per heavy atom. The molecule has 2 aliphatic heterocycles. The molecular weight excluding hydrogens is 403 g/mol. The summed E-state index contributed by atoms with van der Waals surface area (Å²) in [6, 6.07) is 3.15. The molecule has 142 valence electrons. The van der Waals surface area contributed by atoms with Gasteiger partial charge in [0.15, 0.2) is 5.71 Å². The van der Waals surface area contributed by atoms with Crippen LogP contribution < -0.4 is 4.90 Å². The van der Waals surface area contributed by atoms with E-state index in [1.165, 1.54) is 6.07 Å². The zero-order valence-corrected chi connectivity index (χ0v) is 14.5. The molecule has 0 unspecified atom stereocenters. The number of rotatable bonds is 3. The number of carbonyl (C=O) groups is 1. The molecule has 0 radical (unpaired) electrons. The Kier molecular flexibility index (Phi) is 5.01. The lowest BCUT2D eigenvalue weighted by Gasteiger charge is -2.28. The quantitative estimate of drug-likeness (QED) is 0.330. The third kappa shape index (κ3) is 3.58. The predicted molar refractivity (Wildman–Crippen MR) is 86.9 cm³/mol. The van der Waals surface area contributed by atoms with Crippen molar-refractivity contribution in [1.82, 2.24) is 0 Å². The highest BCUT2D eigenvalue weighted by Crippen LogP contribution is 2.41. The highest BCUT2D eigenvalue weighted by atomic mass is 32.2. The van der Waals surface area contributed by atoms with E-state index >= 15 is 0 Å². The van der Waals surface area contributed by atoms with Crippen LogP contribution in [0.2, 0.25) is 0 Å². The lowest BCUT2D eigenvalue weighted by Crippen LogP contribution is -2.44. The number of nitrogens with zero attached hydrogens (tertiary/aromatic N) is 2. The first-order chi connectivity index (χ1) is 12.1. The molecule has 0 aromatic carbocycles. The summed E-state index contributed by atoms with van der Waals surface area (Å²) >= 11 is 0.236. The molecule has 3 rings (SSSR count). The molecule has 0 spiro atoms. The first-order valence-electron chi connectivity index (χ1n) is 7.26. The zero-order valence-electron chi connectivity index (χ0n) is 12.9. The van der Waals surface area contributed by atoms with E-state index in [-0.39, 0.29) is 0 Å². The van der Waals surface area contributed by atoms with Crippen LogP contribution in [0.3, 0.4) is 0 Å². The SMILES string of the molecule is O=C1ON=C(C(F)(F)C(F)(F)F)C1=Cc1ccc(N2CC[S+]([O-])CC2)s1. The molecule has 12 heteroatoms. The van der Waals surface area contributed by atoms with Crippen molar-refractivity contribution in [2.75, 3.05) is 29.5 Å². The molecule has 0 bridgehead atoms. The lowest BCUT2D eigenvalue weighted by molar-refractivity contribution is -0.249. The minimum absolute atomic E-state index is 0.297. The largest absolute Gasteiger partial charge is 0.616 e. The van der Waals surface area contributed by atoms with Gasteiger partial charge in [-0.1, -0.05) is 16.3 Å². The van der Waals surface area contributed by atoms with Gasteiger partial charge in [-0.3, -0.25) is 0 Å². The second-order valence-corrected chi connectivity index (χ2v) is 8.25. The molecule has 1 saturated heterocycles. The van der Waals surface area contributed by atoms with Crippen LogP contribution >= 0.6 is 11.3 Å². The zero-order chi connectivity index (χ0) is 19.1. The maximum Gasteiger partial charge on any atom is 0.459 e. The van der Waals surface area contributed by atoms with E-state index in [1.807, 2.05) is 4.90 Å². The molecule has 1 aromatic rings. The van der Waals surface area contributed by atoms with E-state index in [0.29, 0.717) is 29.5 Å². The molecule has 0 saturated carbocycles.